The highest BCUT2D eigenvalue weighted by Gasteiger charge is 2.13. The van der Waals surface area contributed by atoms with E-state index < -0.39 is 0 Å². The molecule has 0 amide bonds. The Morgan fingerprint density at radius 3 is 2.72 bits per heavy atom. The first kappa shape index (κ1) is 11.5. The summed E-state index contributed by atoms with van der Waals surface area (Å²) in [6.45, 7) is 6.42. The van der Waals surface area contributed by atoms with Gasteiger partial charge >= 0.3 is 0 Å². The van der Waals surface area contributed by atoms with Crippen LogP contribution in [0.1, 0.15) is 23.9 Å². The molecule has 3 heteroatoms. The molecule has 0 fully saturated rings. The van der Waals surface area contributed by atoms with Crippen LogP contribution in [0.3, 0.4) is 0 Å². The van der Waals surface area contributed by atoms with Gasteiger partial charge in [0.2, 0.25) is 0 Å². The maximum Gasteiger partial charge on any atom is 0.194 e. The van der Waals surface area contributed by atoms with Crippen molar-refractivity contribution in [3.05, 3.63) is 47.4 Å². The number of hydrogen-bond acceptors (Lipinski definition) is 2. The van der Waals surface area contributed by atoms with Crippen molar-refractivity contribution in [1.29, 1.82) is 0 Å². The van der Waals surface area contributed by atoms with E-state index in [2.05, 4.69) is 53.7 Å². The fourth-order valence-corrected chi connectivity index (χ4v) is 3.58. The predicted octanol–water partition coefficient (Wildman–Crippen LogP) is 4.24. The quantitative estimate of drug-likeness (QED) is 0.670. The van der Waals surface area contributed by atoms with Gasteiger partial charge in [-0.1, -0.05) is 42.5 Å². The lowest BCUT2D eigenvalue weighted by Gasteiger charge is -2.06. The highest BCUT2D eigenvalue weighted by atomic mass is 32.1. The van der Waals surface area contributed by atoms with Crippen molar-refractivity contribution in [2.24, 2.45) is 0 Å². The Bertz CT molecular complexity index is 706. The van der Waals surface area contributed by atoms with E-state index in [1.165, 1.54) is 21.7 Å². The first-order valence-electron chi connectivity index (χ1n) is 6.24. The Labute approximate surface area is 111 Å². The molecule has 0 saturated heterocycles. The summed E-state index contributed by atoms with van der Waals surface area (Å²) in [6.07, 6.45) is 3.17. The predicted molar refractivity (Wildman–Crippen MR) is 77.4 cm³/mol. The van der Waals surface area contributed by atoms with E-state index in [9.17, 15) is 0 Å². The number of imidazole rings is 1. The molecule has 0 N–H and O–H groups in total. The summed E-state index contributed by atoms with van der Waals surface area (Å²) in [5.41, 5.74) is 5.13. The van der Waals surface area contributed by atoms with Crippen LogP contribution in [0.5, 0.6) is 0 Å². The summed E-state index contributed by atoms with van der Waals surface area (Å²) >= 11 is 1.78. The van der Waals surface area contributed by atoms with Crippen LogP contribution < -0.4 is 0 Å². The van der Waals surface area contributed by atoms with Crippen molar-refractivity contribution in [2.75, 3.05) is 0 Å². The van der Waals surface area contributed by atoms with Crippen molar-refractivity contribution in [3.63, 3.8) is 0 Å². The van der Waals surface area contributed by atoms with Gasteiger partial charge in [0.05, 0.1) is 10.6 Å². The minimum absolute atomic E-state index is 1.06. The number of aryl methyl sites for hydroxylation is 3. The van der Waals surface area contributed by atoms with Gasteiger partial charge in [0, 0.05) is 11.9 Å². The minimum Gasteiger partial charge on any atom is -0.294 e. The number of hydrogen-bond donors (Lipinski definition) is 0. The summed E-state index contributed by atoms with van der Waals surface area (Å²) in [4.78, 5) is 6.99. The molecular weight excluding hydrogens is 240 g/mol. The van der Waals surface area contributed by atoms with Crippen molar-refractivity contribution in [3.8, 4) is 10.4 Å². The molecule has 0 aliphatic rings. The molecule has 0 aliphatic heterocycles. The second-order valence-electron chi connectivity index (χ2n) is 4.56. The maximum atomic E-state index is 4.56. The first-order valence-corrected chi connectivity index (χ1v) is 7.05. The fourth-order valence-electron chi connectivity index (χ4n) is 2.36. The molecule has 0 unspecified atom stereocenters. The Balaban J connectivity index is 2.25. The third kappa shape index (κ3) is 1.66. The molecule has 1 aromatic carbocycles. The molecule has 18 heavy (non-hydrogen) atoms. The lowest BCUT2D eigenvalue weighted by Crippen LogP contribution is -1.88. The Hall–Kier alpha value is -1.61. The van der Waals surface area contributed by atoms with Crippen LogP contribution in [-0.4, -0.2) is 9.38 Å². The van der Waals surface area contributed by atoms with Gasteiger partial charge < -0.3 is 0 Å². The molecule has 2 aromatic heterocycles. The van der Waals surface area contributed by atoms with Crippen LogP contribution in [-0.2, 0) is 6.42 Å². The number of benzene rings is 1. The van der Waals surface area contributed by atoms with Crippen molar-refractivity contribution < 1.29 is 0 Å². The van der Waals surface area contributed by atoms with Gasteiger partial charge in [0.15, 0.2) is 4.96 Å². The highest BCUT2D eigenvalue weighted by molar-refractivity contribution is 7.20. The SMILES string of the molecule is CCc1ccccc1-c1sc2nc(C)cn2c1C. The number of nitrogens with zero attached hydrogens (tertiary/aromatic N) is 2. The summed E-state index contributed by atoms with van der Waals surface area (Å²) in [5, 5.41) is 0. The van der Waals surface area contributed by atoms with Gasteiger partial charge in [-0.25, -0.2) is 4.98 Å². The Morgan fingerprint density at radius 2 is 2.00 bits per heavy atom. The van der Waals surface area contributed by atoms with Crippen LogP contribution in [0.4, 0.5) is 0 Å². The average Bonchev–Trinajstić information content (AvgIpc) is 2.88. The van der Waals surface area contributed by atoms with Crippen LogP contribution in [0, 0.1) is 13.8 Å². The van der Waals surface area contributed by atoms with Gasteiger partial charge in [-0.05, 0) is 31.4 Å². The standard InChI is InChI=1S/C15H16N2S/c1-4-12-7-5-6-8-13(12)14-11(3)17-9-10(2)16-15(17)18-14/h5-9H,4H2,1-3H3. The van der Waals surface area contributed by atoms with E-state index in [0.29, 0.717) is 0 Å². The largest absolute Gasteiger partial charge is 0.294 e. The zero-order valence-corrected chi connectivity index (χ0v) is 11.7. The van der Waals surface area contributed by atoms with Gasteiger partial charge in [0.25, 0.3) is 0 Å². The molecule has 2 nitrogen and oxygen atoms in total. The monoisotopic (exact) mass is 256 g/mol. The van der Waals surface area contributed by atoms with E-state index >= 15 is 0 Å². The summed E-state index contributed by atoms with van der Waals surface area (Å²) in [5.74, 6) is 0. The number of aromatic nitrogens is 2. The molecule has 0 spiro atoms. The Morgan fingerprint density at radius 1 is 1.22 bits per heavy atom. The summed E-state index contributed by atoms with van der Waals surface area (Å²) in [6, 6.07) is 8.65. The van der Waals surface area contributed by atoms with E-state index in [4.69, 9.17) is 0 Å². The van der Waals surface area contributed by atoms with E-state index in [1.54, 1.807) is 11.3 Å². The molecule has 3 aromatic rings. The van der Waals surface area contributed by atoms with Gasteiger partial charge in [-0.2, -0.15) is 0 Å². The summed E-state index contributed by atoms with van der Waals surface area (Å²) < 4.78 is 2.20. The molecule has 0 atom stereocenters. The second kappa shape index (κ2) is 4.25. The third-order valence-corrected chi connectivity index (χ3v) is 4.51. The first-order chi connectivity index (χ1) is 8.70. The molecule has 0 saturated carbocycles. The van der Waals surface area contributed by atoms with Crippen molar-refractivity contribution >= 4 is 16.3 Å². The van der Waals surface area contributed by atoms with Gasteiger partial charge in [-0.3, -0.25) is 4.40 Å². The molecular formula is C15H16N2S. The number of fused-ring (bicyclic) bond motifs is 1. The molecule has 0 radical (unpaired) electrons. The Kier molecular flexibility index (Phi) is 2.71. The van der Waals surface area contributed by atoms with Crippen LogP contribution >= 0.6 is 11.3 Å². The lowest BCUT2D eigenvalue weighted by molar-refractivity contribution is 1.12. The third-order valence-electron chi connectivity index (χ3n) is 3.32. The topological polar surface area (TPSA) is 17.3 Å². The lowest BCUT2D eigenvalue weighted by atomic mass is 10.0. The van der Waals surface area contributed by atoms with Gasteiger partial charge in [-0.15, -0.1) is 0 Å². The van der Waals surface area contributed by atoms with Crippen molar-refractivity contribution in [1.82, 2.24) is 9.38 Å². The van der Waals surface area contributed by atoms with Crippen LogP contribution in [0.2, 0.25) is 0 Å². The smallest absolute Gasteiger partial charge is 0.194 e. The highest BCUT2D eigenvalue weighted by Crippen LogP contribution is 2.34. The summed E-state index contributed by atoms with van der Waals surface area (Å²) in [7, 11) is 0. The normalized spacial score (nSPS) is 11.3. The second-order valence-corrected chi connectivity index (χ2v) is 5.54. The zero-order valence-electron chi connectivity index (χ0n) is 10.9. The molecule has 3 rings (SSSR count). The fraction of sp³-hybridized carbons (Fsp3) is 0.267. The molecule has 0 aliphatic carbocycles. The molecule has 92 valence electrons. The van der Waals surface area contributed by atoms with E-state index in [0.717, 1.165) is 17.1 Å². The van der Waals surface area contributed by atoms with E-state index in [1.807, 2.05) is 6.92 Å². The number of thiazole rings is 1. The zero-order chi connectivity index (χ0) is 12.7. The van der Waals surface area contributed by atoms with E-state index in [-0.39, 0.29) is 0 Å². The molecule has 2 heterocycles. The number of rotatable bonds is 2. The maximum absolute atomic E-state index is 4.56. The van der Waals surface area contributed by atoms with Crippen LogP contribution in [0.25, 0.3) is 15.4 Å². The van der Waals surface area contributed by atoms with Gasteiger partial charge in [0.1, 0.15) is 0 Å². The molecule has 0 bridgehead atoms. The van der Waals surface area contributed by atoms with Crippen LogP contribution in [0.15, 0.2) is 30.5 Å². The van der Waals surface area contributed by atoms with Crippen molar-refractivity contribution in [2.45, 2.75) is 27.2 Å². The minimum atomic E-state index is 1.06. The average molecular weight is 256 g/mol.